The van der Waals surface area contributed by atoms with Crippen molar-refractivity contribution < 1.29 is 24.4 Å². The largest absolute Gasteiger partial charge is 0.508 e. The average Bonchev–Trinajstić information content (AvgIpc) is 3.00. The SMILES string of the molecule is COC/C=C/c1cc(OC)c2c(c1)C(CO)C(c1ccc(O)cc1)O2. The van der Waals surface area contributed by atoms with Crippen molar-refractivity contribution in [3.05, 3.63) is 59.2 Å². The van der Waals surface area contributed by atoms with E-state index in [2.05, 4.69) is 0 Å². The van der Waals surface area contributed by atoms with Crippen LogP contribution in [0.2, 0.25) is 0 Å². The van der Waals surface area contributed by atoms with Crippen LogP contribution in [0.3, 0.4) is 0 Å². The van der Waals surface area contributed by atoms with Crippen LogP contribution in [-0.4, -0.2) is 37.6 Å². The van der Waals surface area contributed by atoms with Crippen LogP contribution in [0.4, 0.5) is 0 Å². The summed E-state index contributed by atoms with van der Waals surface area (Å²) in [7, 11) is 3.24. The average molecular weight is 342 g/mol. The van der Waals surface area contributed by atoms with Crippen molar-refractivity contribution in [3.8, 4) is 17.2 Å². The minimum Gasteiger partial charge on any atom is -0.508 e. The molecular weight excluding hydrogens is 320 g/mol. The van der Waals surface area contributed by atoms with E-state index in [1.165, 1.54) is 0 Å². The van der Waals surface area contributed by atoms with Crippen molar-refractivity contribution in [3.63, 3.8) is 0 Å². The molecule has 132 valence electrons. The summed E-state index contributed by atoms with van der Waals surface area (Å²) < 4.78 is 16.6. The summed E-state index contributed by atoms with van der Waals surface area (Å²) in [4.78, 5) is 0. The maximum absolute atomic E-state index is 9.96. The van der Waals surface area contributed by atoms with Gasteiger partial charge in [0, 0.05) is 12.7 Å². The lowest BCUT2D eigenvalue weighted by Crippen LogP contribution is -2.13. The van der Waals surface area contributed by atoms with E-state index in [0.717, 1.165) is 16.7 Å². The second kappa shape index (κ2) is 7.59. The van der Waals surface area contributed by atoms with E-state index in [9.17, 15) is 10.2 Å². The molecule has 2 aromatic carbocycles. The molecule has 0 amide bonds. The van der Waals surface area contributed by atoms with Crippen LogP contribution < -0.4 is 9.47 Å². The molecule has 0 bridgehead atoms. The van der Waals surface area contributed by atoms with Crippen molar-refractivity contribution in [2.75, 3.05) is 27.4 Å². The van der Waals surface area contributed by atoms with Gasteiger partial charge in [0.15, 0.2) is 11.5 Å². The van der Waals surface area contributed by atoms with Crippen LogP contribution in [0.15, 0.2) is 42.5 Å². The molecule has 5 nitrogen and oxygen atoms in total. The van der Waals surface area contributed by atoms with Gasteiger partial charge in [0.2, 0.25) is 0 Å². The molecule has 0 spiro atoms. The fourth-order valence-electron chi connectivity index (χ4n) is 3.11. The molecule has 0 saturated heterocycles. The fourth-order valence-corrected chi connectivity index (χ4v) is 3.11. The van der Waals surface area contributed by atoms with Gasteiger partial charge < -0.3 is 24.4 Å². The summed E-state index contributed by atoms with van der Waals surface area (Å²) in [5.74, 6) is 1.28. The van der Waals surface area contributed by atoms with Crippen molar-refractivity contribution in [1.82, 2.24) is 0 Å². The molecule has 2 N–H and O–H groups in total. The molecule has 0 fully saturated rings. The monoisotopic (exact) mass is 342 g/mol. The normalized spacial score (nSPS) is 19.0. The number of rotatable bonds is 6. The molecule has 0 saturated carbocycles. The first-order valence-corrected chi connectivity index (χ1v) is 8.11. The van der Waals surface area contributed by atoms with Crippen LogP contribution in [0, 0.1) is 0 Å². The van der Waals surface area contributed by atoms with Gasteiger partial charge in [-0.25, -0.2) is 0 Å². The zero-order valence-electron chi connectivity index (χ0n) is 14.3. The lowest BCUT2D eigenvalue weighted by molar-refractivity contribution is 0.157. The lowest BCUT2D eigenvalue weighted by atomic mass is 9.90. The Hall–Kier alpha value is -2.50. The Morgan fingerprint density at radius 1 is 1.16 bits per heavy atom. The van der Waals surface area contributed by atoms with Crippen LogP contribution in [0.5, 0.6) is 17.2 Å². The quantitative estimate of drug-likeness (QED) is 0.843. The summed E-state index contributed by atoms with van der Waals surface area (Å²) in [6, 6.07) is 10.8. The van der Waals surface area contributed by atoms with E-state index in [-0.39, 0.29) is 24.4 Å². The molecule has 5 heteroatoms. The number of benzene rings is 2. The zero-order chi connectivity index (χ0) is 17.8. The number of fused-ring (bicyclic) bond motifs is 1. The highest BCUT2D eigenvalue weighted by Crippen LogP contribution is 2.50. The molecule has 1 aliphatic heterocycles. The highest BCUT2D eigenvalue weighted by molar-refractivity contribution is 5.62. The maximum atomic E-state index is 9.96. The second-order valence-corrected chi connectivity index (χ2v) is 5.92. The maximum Gasteiger partial charge on any atom is 0.165 e. The van der Waals surface area contributed by atoms with Crippen LogP contribution >= 0.6 is 0 Å². The Bertz CT molecular complexity index is 751. The van der Waals surface area contributed by atoms with Gasteiger partial charge in [-0.05, 0) is 35.4 Å². The number of hydrogen-bond acceptors (Lipinski definition) is 5. The van der Waals surface area contributed by atoms with Gasteiger partial charge in [-0.15, -0.1) is 0 Å². The standard InChI is InChI=1S/C20H22O5/c1-23-9-3-4-13-10-16-17(12-21)19(14-5-7-15(22)8-6-14)25-20(16)18(11-13)24-2/h3-8,10-11,17,19,21-22H,9,12H2,1-2H3/b4-3+. The van der Waals surface area contributed by atoms with Crippen LogP contribution in [0.25, 0.3) is 6.08 Å². The Labute approximate surface area is 147 Å². The Morgan fingerprint density at radius 3 is 2.56 bits per heavy atom. The van der Waals surface area contributed by atoms with Crippen molar-refractivity contribution >= 4 is 6.08 Å². The third-order valence-electron chi connectivity index (χ3n) is 4.33. The molecule has 2 atom stereocenters. The van der Waals surface area contributed by atoms with E-state index in [4.69, 9.17) is 14.2 Å². The highest BCUT2D eigenvalue weighted by Gasteiger charge is 2.37. The van der Waals surface area contributed by atoms with E-state index in [0.29, 0.717) is 18.1 Å². The topological polar surface area (TPSA) is 68.2 Å². The van der Waals surface area contributed by atoms with Gasteiger partial charge >= 0.3 is 0 Å². The summed E-state index contributed by atoms with van der Waals surface area (Å²) in [6.45, 7) is 0.475. The number of aliphatic hydroxyl groups is 1. The summed E-state index contributed by atoms with van der Waals surface area (Å²) in [5, 5.41) is 19.4. The van der Waals surface area contributed by atoms with E-state index < -0.39 is 0 Å². The van der Waals surface area contributed by atoms with Gasteiger partial charge in [-0.3, -0.25) is 0 Å². The molecule has 3 rings (SSSR count). The molecule has 0 radical (unpaired) electrons. The number of aromatic hydroxyl groups is 1. The van der Waals surface area contributed by atoms with Gasteiger partial charge in [-0.1, -0.05) is 24.3 Å². The van der Waals surface area contributed by atoms with E-state index >= 15 is 0 Å². The highest BCUT2D eigenvalue weighted by atomic mass is 16.5. The van der Waals surface area contributed by atoms with Crippen molar-refractivity contribution in [2.45, 2.75) is 12.0 Å². The van der Waals surface area contributed by atoms with Crippen molar-refractivity contribution in [2.24, 2.45) is 0 Å². The minimum atomic E-state index is -0.326. The van der Waals surface area contributed by atoms with Gasteiger partial charge in [0.1, 0.15) is 11.9 Å². The number of aliphatic hydroxyl groups excluding tert-OH is 1. The number of ether oxygens (including phenoxy) is 3. The number of hydrogen-bond donors (Lipinski definition) is 2. The zero-order valence-corrected chi connectivity index (χ0v) is 14.3. The molecule has 0 aliphatic carbocycles. The molecule has 2 unspecified atom stereocenters. The smallest absolute Gasteiger partial charge is 0.165 e. The Morgan fingerprint density at radius 2 is 1.92 bits per heavy atom. The summed E-state index contributed by atoms with van der Waals surface area (Å²) in [5.41, 5.74) is 2.77. The Balaban J connectivity index is 1.99. The van der Waals surface area contributed by atoms with Gasteiger partial charge in [0.25, 0.3) is 0 Å². The van der Waals surface area contributed by atoms with Crippen LogP contribution in [-0.2, 0) is 4.74 Å². The van der Waals surface area contributed by atoms with Crippen LogP contribution in [0.1, 0.15) is 28.7 Å². The van der Waals surface area contributed by atoms with E-state index in [1.807, 2.05) is 24.3 Å². The predicted molar refractivity (Wildman–Crippen MR) is 95.2 cm³/mol. The first-order chi connectivity index (χ1) is 12.2. The predicted octanol–water partition coefficient (Wildman–Crippen LogP) is 3.27. The molecule has 1 aliphatic rings. The van der Waals surface area contributed by atoms with Gasteiger partial charge in [0.05, 0.1) is 26.2 Å². The van der Waals surface area contributed by atoms with Gasteiger partial charge in [-0.2, -0.15) is 0 Å². The molecule has 1 heterocycles. The lowest BCUT2D eigenvalue weighted by Gasteiger charge is -2.17. The molecule has 2 aromatic rings. The molecule has 25 heavy (non-hydrogen) atoms. The van der Waals surface area contributed by atoms with Crippen molar-refractivity contribution in [1.29, 1.82) is 0 Å². The molecular formula is C20H22O5. The second-order valence-electron chi connectivity index (χ2n) is 5.92. The first-order valence-electron chi connectivity index (χ1n) is 8.11. The third kappa shape index (κ3) is 3.48. The summed E-state index contributed by atoms with van der Waals surface area (Å²) >= 11 is 0. The first kappa shape index (κ1) is 17.3. The minimum absolute atomic E-state index is 0.0487. The number of methoxy groups -OCH3 is 2. The Kier molecular flexibility index (Phi) is 5.26. The fraction of sp³-hybridized carbons (Fsp3) is 0.300. The van der Waals surface area contributed by atoms with E-state index in [1.54, 1.807) is 38.5 Å². The third-order valence-corrected chi connectivity index (χ3v) is 4.33. The summed E-state index contributed by atoms with van der Waals surface area (Å²) in [6.07, 6.45) is 3.55. The number of phenols is 1. The molecule has 0 aromatic heterocycles. The number of phenolic OH excluding ortho intramolecular Hbond substituents is 1.